The van der Waals surface area contributed by atoms with Gasteiger partial charge in [0.2, 0.25) is 5.91 Å². The Morgan fingerprint density at radius 2 is 2.06 bits per heavy atom. The van der Waals surface area contributed by atoms with Gasteiger partial charge in [-0.05, 0) is 6.42 Å². The summed E-state index contributed by atoms with van der Waals surface area (Å²) in [6, 6.07) is -0.163. The van der Waals surface area contributed by atoms with Crippen molar-refractivity contribution in [1.82, 2.24) is 24.4 Å². The van der Waals surface area contributed by atoms with Crippen LogP contribution in [0.4, 0.5) is 0 Å². The third-order valence-corrected chi connectivity index (χ3v) is 3.05. The minimum absolute atomic E-state index is 0.0541. The molecule has 0 spiro atoms. The minimum Gasteiger partial charge on any atom is -0.354 e. The molecule has 3 heterocycles. The number of aryl methyl sites for hydroxylation is 1. The van der Waals surface area contributed by atoms with E-state index in [9.17, 15) is 4.79 Å². The fourth-order valence-corrected chi connectivity index (χ4v) is 2.17. The first-order valence-corrected chi connectivity index (χ1v) is 5.55. The SMILES string of the molecule is Cn1ccnc1-c1nccn1C1CCNC1=O. The quantitative estimate of drug-likeness (QED) is 0.810. The van der Waals surface area contributed by atoms with Crippen LogP contribution in [0.15, 0.2) is 24.8 Å². The molecule has 17 heavy (non-hydrogen) atoms. The second-order valence-corrected chi connectivity index (χ2v) is 4.12. The molecule has 2 aromatic rings. The van der Waals surface area contributed by atoms with Crippen molar-refractivity contribution >= 4 is 5.91 Å². The number of carbonyl (C=O) groups excluding carboxylic acids is 1. The van der Waals surface area contributed by atoms with Crippen LogP contribution in [0.5, 0.6) is 0 Å². The molecule has 1 fully saturated rings. The van der Waals surface area contributed by atoms with Gasteiger partial charge in [-0.3, -0.25) is 4.79 Å². The van der Waals surface area contributed by atoms with E-state index < -0.39 is 0 Å². The molecule has 3 rings (SSSR count). The average Bonchev–Trinajstić information content (AvgIpc) is 2.97. The topological polar surface area (TPSA) is 64.7 Å². The second-order valence-electron chi connectivity index (χ2n) is 4.12. The fraction of sp³-hybridized carbons (Fsp3) is 0.364. The van der Waals surface area contributed by atoms with E-state index in [0.29, 0.717) is 0 Å². The van der Waals surface area contributed by atoms with Crippen molar-refractivity contribution in [2.24, 2.45) is 7.05 Å². The van der Waals surface area contributed by atoms with Gasteiger partial charge in [0.05, 0.1) is 0 Å². The van der Waals surface area contributed by atoms with Gasteiger partial charge in [-0.15, -0.1) is 0 Å². The molecule has 1 atom stereocenters. The lowest BCUT2D eigenvalue weighted by Crippen LogP contribution is -2.22. The first-order valence-electron chi connectivity index (χ1n) is 5.55. The number of amides is 1. The van der Waals surface area contributed by atoms with Crippen molar-refractivity contribution in [3.05, 3.63) is 24.8 Å². The molecule has 6 nitrogen and oxygen atoms in total. The summed E-state index contributed by atoms with van der Waals surface area (Å²) in [5.41, 5.74) is 0. The predicted octanol–water partition coefficient (Wildman–Crippen LogP) is 0.345. The lowest BCUT2D eigenvalue weighted by Gasteiger charge is -2.12. The van der Waals surface area contributed by atoms with Gasteiger partial charge in [0.15, 0.2) is 11.6 Å². The van der Waals surface area contributed by atoms with Crippen molar-refractivity contribution < 1.29 is 4.79 Å². The summed E-state index contributed by atoms with van der Waals surface area (Å²) in [5, 5.41) is 2.83. The van der Waals surface area contributed by atoms with Crippen LogP contribution in [0.3, 0.4) is 0 Å². The van der Waals surface area contributed by atoms with Gasteiger partial charge in [-0.25, -0.2) is 9.97 Å². The second kappa shape index (κ2) is 3.73. The van der Waals surface area contributed by atoms with Crippen LogP contribution in [0, 0.1) is 0 Å². The Balaban J connectivity index is 2.05. The van der Waals surface area contributed by atoms with Gasteiger partial charge in [0.25, 0.3) is 0 Å². The largest absolute Gasteiger partial charge is 0.354 e. The van der Waals surface area contributed by atoms with E-state index in [-0.39, 0.29) is 11.9 Å². The highest BCUT2D eigenvalue weighted by Gasteiger charge is 2.28. The normalized spacial score (nSPS) is 19.6. The Hall–Kier alpha value is -2.11. The van der Waals surface area contributed by atoms with E-state index >= 15 is 0 Å². The zero-order chi connectivity index (χ0) is 11.8. The molecule has 6 heteroatoms. The Morgan fingerprint density at radius 1 is 1.29 bits per heavy atom. The number of nitrogens with one attached hydrogen (secondary N) is 1. The number of imidazole rings is 2. The van der Waals surface area contributed by atoms with E-state index in [1.807, 2.05) is 28.6 Å². The molecule has 1 N–H and O–H groups in total. The third-order valence-electron chi connectivity index (χ3n) is 3.05. The molecule has 0 radical (unpaired) electrons. The molecule has 2 aromatic heterocycles. The molecule has 0 aromatic carbocycles. The molecular weight excluding hydrogens is 218 g/mol. The summed E-state index contributed by atoms with van der Waals surface area (Å²) in [5.74, 6) is 1.56. The highest BCUT2D eigenvalue weighted by atomic mass is 16.2. The minimum atomic E-state index is -0.163. The molecule has 1 unspecified atom stereocenters. The molecule has 0 bridgehead atoms. The van der Waals surface area contributed by atoms with Gasteiger partial charge < -0.3 is 14.5 Å². The van der Waals surface area contributed by atoms with Gasteiger partial charge in [-0.2, -0.15) is 0 Å². The zero-order valence-corrected chi connectivity index (χ0v) is 9.50. The number of hydrogen-bond donors (Lipinski definition) is 1. The average molecular weight is 231 g/mol. The van der Waals surface area contributed by atoms with E-state index in [0.717, 1.165) is 24.6 Å². The maximum atomic E-state index is 11.7. The van der Waals surface area contributed by atoms with Crippen molar-refractivity contribution in [2.45, 2.75) is 12.5 Å². The van der Waals surface area contributed by atoms with Crippen molar-refractivity contribution in [3.8, 4) is 11.6 Å². The maximum Gasteiger partial charge on any atom is 0.243 e. The standard InChI is InChI=1S/C11H13N5O/c1-15-6-4-12-9(15)10-13-5-7-16(10)8-2-3-14-11(8)17/h4-8H,2-3H2,1H3,(H,14,17). The van der Waals surface area contributed by atoms with Crippen molar-refractivity contribution in [2.75, 3.05) is 6.54 Å². The number of carbonyl (C=O) groups is 1. The predicted molar refractivity (Wildman–Crippen MR) is 61.1 cm³/mol. The van der Waals surface area contributed by atoms with E-state index in [2.05, 4.69) is 15.3 Å². The monoisotopic (exact) mass is 231 g/mol. The third kappa shape index (κ3) is 1.52. The number of hydrogen-bond acceptors (Lipinski definition) is 3. The first kappa shape index (κ1) is 10.1. The van der Waals surface area contributed by atoms with Crippen molar-refractivity contribution in [1.29, 1.82) is 0 Å². The zero-order valence-electron chi connectivity index (χ0n) is 9.50. The number of rotatable bonds is 2. The molecule has 1 aliphatic rings. The van der Waals surface area contributed by atoms with E-state index in [4.69, 9.17) is 0 Å². The van der Waals surface area contributed by atoms with Gasteiger partial charge in [0, 0.05) is 38.4 Å². The van der Waals surface area contributed by atoms with Crippen molar-refractivity contribution in [3.63, 3.8) is 0 Å². The summed E-state index contributed by atoms with van der Waals surface area (Å²) in [7, 11) is 1.91. The molecule has 0 saturated carbocycles. The lowest BCUT2D eigenvalue weighted by atomic mass is 10.2. The number of aromatic nitrogens is 4. The highest BCUT2D eigenvalue weighted by Crippen LogP contribution is 2.23. The molecular formula is C11H13N5O. The van der Waals surface area contributed by atoms with Crippen LogP contribution >= 0.6 is 0 Å². The smallest absolute Gasteiger partial charge is 0.243 e. The summed E-state index contributed by atoms with van der Waals surface area (Å²) in [4.78, 5) is 20.3. The molecule has 1 aliphatic heterocycles. The summed E-state index contributed by atoms with van der Waals surface area (Å²) in [6.07, 6.45) is 7.92. The summed E-state index contributed by atoms with van der Waals surface area (Å²) in [6.45, 7) is 0.724. The van der Waals surface area contributed by atoms with Gasteiger partial charge in [0.1, 0.15) is 6.04 Å². The Morgan fingerprint density at radius 3 is 2.71 bits per heavy atom. The Bertz CT molecular complexity index is 556. The maximum absolute atomic E-state index is 11.7. The summed E-state index contributed by atoms with van der Waals surface area (Å²) < 4.78 is 3.79. The van der Waals surface area contributed by atoms with Crippen LogP contribution in [-0.4, -0.2) is 31.6 Å². The molecule has 88 valence electrons. The molecule has 0 aliphatic carbocycles. The first-order chi connectivity index (χ1) is 8.27. The van der Waals surface area contributed by atoms with Crippen LogP contribution in [0.2, 0.25) is 0 Å². The summed E-state index contributed by atoms with van der Waals surface area (Å²) >= 11 is 0. The van der Waals surface area contributed by atoms with Crippen LogP contribution in [0.25, 0.3) is 11.6 Å². The number of nitrogens with zero attached hydrogens (tertiary/aromatic N) is 4. The van der Waals surface area contributed by atoms with E-state index in [1.54, 1.807) is 12.4 Å². The van der Waals surface area contributed by atoms with Crippen LogP contribution in [0.1, 0.15) is 12.5 Å². The highest BCUT2D eigenvalue weighted by molar-refractivity contribution is 5.82. The molecule has 1 saturated heterocycles. The van der Waals surface area contributed by atoms with Gasteiger partial charge in [-0.1, -0.05) is 0 Å². The Labute approximate surface area is 98.3 Å². The lowest BCUT2D eigenvalue weighted by molar-refractivity contribution is -0.121. The molecule has 1 amide bonds. The van der Waals surface area contributed by atoms with E-state index in [1.165, 1.54) is 0 Å². The fourth-order valence-electron chi connectivity index (χ4n) is 2.17. The Kier molecular flexibility index (Phi) is 2.21. The van der Waals surface area contributed by atoms with Crippen LogP contribution in [-0.2, 0) is 11.8 Å². The van der Waals surface area contributed by atoms with Crippen LogP contribution < -0.4 is 5.32 Å². The van der Waals surface area contributed by atoms with Gasteiger partial charge >= 0.3 is 0 Å².